The molecule has 15 heavy (non-hydrogen) atoms. The smallest absolute Gasteiger partial charge is 0.153 e. The second kappa shape index (κ2) is 3.20. The number of hydrogen-bond donors (Lipinski definition) is 2. The number of nitrogens with one attached hydrogen (secondary N) is 1. The van der Waals surface area contributed by atoms with E-state index in [0.29, 0.717) is 0 Å². The van der Waals surface area contributed by atoms with Gasteiger partial charge >= 0.3 is 0 Å². The number of hydrogen-bond acceptors (Lipinski definition) is 3. The molecule has 2 heterocycles. The van der Waals surface area contributed by atoms with Crippen molar-refractivity contribution in [1.29, 1.82) is 0 Å². The Morgan fingerprint density at radius 2 is 2.40 bits per heavy atom. The normalized spacial score (nSPS) is 33.1. The van der Waals surface area contributed by atoms with Crippen molar-refractivity contribution in [2.24, 2.45) is 0 Å². The van der Waals surface area contributed by atoms with E-state index in [1.165, 1.54) is 0 Å². The summed E-state index contributed by atoms with van der Waals surface area (Å²) in [6, 6.07) is 5.79. The van der Waals surface area contributed by atoms with Crippen LogP contribution in [0.3, 0.4) is 0 Å². The van der Waals surface area contributed by atoms with Gasteiger partial charge in [0.1, 0.15) is 11.9 Å². The fourth-order valence-electron chi connectivity index (χ4n) is 2.40. The van der Waals surface area contributed by atoms with Crippen molar-refractivity contribution < 1.29 is 9.84 Å². The number of fused-ring (bicyclic) bond motifs is 1. The molecule has 1 saturated heterocycles. The number of aliphatic hydroxyl groups is 1. The molecule has 1 spiro atoms. The summed E-state index contributed by atoms with van der Waals surface area (Å²) in [4.78, 5) is 0. The summed E-state index contributed by atoms with van der Waals surface area (Å²) < 4.78 is 6.86. The van der Waals surface area contributed by atoms with Gasteiger partial charge in [0.05, 0.1) is 4.47 Å². The second-order valence-electron chi connectivity index (χ2n) is 4.15. The average Bonchev–Trinajstić information content (AvgIpc) is 2.79. The fraction of sp³-hybridized carbons (Fsp3) is 0.455. The monoisotopic (exact) mass is 269 g/mol. The van der Waals surface area contributed by atoms with Crippen LogP contribution in [-0.2, 0) is 0 Å². The number of rotatable bonds is 0. The maximum atomic E-state index is 10.3. The highest BCUT2D eigenvalue weighted by atomic mass is 79.9. The van der Waals surface area contributed by atoms with Gasteiger partial charge in [0, 0.05) is 18.5 Å². The molecular formula is C11H12BrNO2. The van der Waals surface area contributed by atoms with E-state index in [1.54, 1.807) is 0 Å². The molecule has 2 unspecified atom stereocenters. The van der Waals surface area contributed by atoms with Crippen molar-refractivity contribution in [3.8, 4) is 5.75 Å². The molecule has 80 valence electrons. The molecule has 0 radical (unpaired) electrons. The van der Waals surface area contributed by atoms with Crippen molar-refractivity contribution in [3.63, 3.8) is 0 Å². The number of para-hydroxylation sites is 1. The highest BCUT2D eigenvalue weighted by Gasteiger charge is 2.50. The molecule has 0 amide bonds. The van der Waals surface area contributed by atoms with Gasteiger partial charge in [-0.15, -0.1) is 0 Å². The molecule has 0 bridgehead atoms. The second-order valence-corrected chi connectivity index (χ2v) is 5.01. The first-order chi connectivity index (χ1) is 7.23. The van der Waals surface area contributed by atoms with Gasteiger partial charge in [0.15, 0.2) is 5.60 Å². The standard InChI is InChI=1S/C11H12BrNO2/c12-8-3-1-2-7-9(8)15-11(10(7)14)4-5-13-6-11/h1-3,10,13-14H,4-6H2. The molecule has 2 N–H and O–H groups in total. The maximum Gasteiger partial charge on any atom is 0.153 e. The first-order valence-electron chi connectivity index (χ1n) is 5.09. The zero-order valence-electron chi connectivity index (χ0n) is 8.16. The third-order valence-corrected chi connectivity index (χ3v) is 3.87. The van der Waals surface area contributed by atoms with E-state index < -0.39 is 11.7 Å². The quantitative estimate of drug-likeness (QED) is 0.752. The Labute approximate surface area is 96.6 Å². The van der Waals surface area contributed by atoms with Crippen LogP contribution in [-0.4, -0.2) is 23.8 Å². The van der Waals surface area contributed by atoms with Gasteiger partial charge in [-0.25, -0.2) is 0 Å². The summed E-state index contributed by atoms with van der Waals surface area (Å²) in [5.74, 6) is 0.800. The van der Waals surface area contributed by atoms with Crippen LogP contribution >= 0.6 is 15.9 Å². The van der Waals surface area contributed by atoms with Gasteiger partial charge in [-0.05, 0) is 28.5 Å². The van der Waals surface area contributed by atoms with E-state index in [-0.39, 0.29) is 0 Å². The van der Waals surface area contributed by atoms with Crippen molar-refractivity contribution in [2.45, 2.75) is 18.1 Å². The van der Waals surface area contributed by atoms with E-state index >= 15 is 0 Å². The summed E-state index contributed by atoms with van der Waals surface area (Å²) in [6.45, 7) is 1.62. The topological polar surface area (TPSA) is 41.5 Å². The molecule has 3 rings (SSSR count). The van der Waals surface area contributed by atoms with Crippen LogP contribution in [0.5, 0.6) is 5.75 Å². The highest BCUT2D eigenvalue weighted by molar-refractivity contribution is 9.10. The van der Waals surface area contributed by atoms with Gasteiger partial charge in [-0.2, -0.15) is 0 Å². The first kappa shape index (κ1) is 9.63. The summed E-state index contributed by atoms with van der Waals surface area (Å²) in [7, 11) is 0. The summed E-state index contributed by atoms with van der Waals surface area (Å²) in [5.41, 5.74) is 0.458. The van der Waals surface area contributed by atoms with Crippen LogP contribution in [0.4, 0.5) is 0 Å². The summed E-state index contributed by atoms with van der Waals surface area (Å²) >= 11 is 3.45. The van der Waals surface area contributed by atoms with Crippen molar-refractivity contribution in [2.75, 3.05) is 13.1 Å². The van der Waals surface area contributed by atoms with Gasteiger partial charge in [-0.1, -0.05) is 12.1 Å². The Kier molecular flexibility index (Phi) is 2.06. The zero-order valence-corrected chi connectivity index (χ0v) is 9.75. The molecule has 0 aromatic heterocycles. The lowest BCUT2D eigenvalue weighted by molar-refractivity contribution is -0.0129. The lowest BCUT2D eigenvalue weighted by atomic mass is 9.93. The van der Waals surface area contributed by atoms with Crippen molar-refractivity contribution >= 4 is 15.9 Å². The Morgan fingerprint density at radius 3 is 3.07 bits per heavy atom. The molecule has 2 aliphatic heterocycles. The lowest BCUT2D eigenvalue weighted by Gasteiger charge is -2.25. The Hall–Kier alpha value is -0.580. The molecule has 1 aromatic rings. The third kappa shape index (κ3) is 1.25. The predicted molar refractivity (Wildman–Crippen MR) is 59.9 cm³/mol. The van der Waals surface area contributed by atoms with Gasteiger partial charge in [0.25, 0.3) is 0 Å². The molecule has 1 fully saturated rings. The Bertz CT molecular complexity index is 402. The Balaban J connectivity index is 2.08. The highest BCUT2D eigenvalue weighted by Crippen LogP contribution is 2.48. The zero-order chi connectivity index (χ0) is 10.5. The average molecular weight is 270 g/mol. The van der Waals surface area contributed by atoms with Crippen LogP contribution in [0.25, 0.3) is 0 Å². The van der Waals surface area contributed by atoms with E-state index in [0.717, 1.165) is 35.3 Å². The van der Waals surface area contributed by atoms with Gasteiger partial charge in [-0.3, -0.25) is 0 Å². The molecular weight excluding hydrogens is 258 g/mol. The van der Waals surface area contributed by atoms with Crippen molar-refractivity contribution in [3.05, 3.63) is 28.2 Å². The molecule has 3 nitrogen and oxygen atoms in total. The van der Waals surface area contributed by atoms with E-state index in [4.69, 9.17) is 4.74 Å². The fourth-order valence-corrected chi connectivity index (χ4v) is 2.86. The van der Waals surface area contributed by atoms with E-state index in [1.807, 2.05) is 18.2 Å². The molecule has 4 heteroatoms. The molecule has 0 aliphatic carbocycles. The molecule has 1 aromatic carbocycles. The van der Waals surface area contributed by atoms with E-state index in [2.05, 4.69) is 21.2 Å². The lowest BCUT2D eigenvalue weighted by Crippen LogP contribution is -2.40. The molecule has 0 saturated carbocycles. The number of ether oxygens (including phenoxy) is 1. The van der Waals surface area contributed by atoms with Crippen LogP contribution < -0.4 is 10.1 Å². The summed E-state index contributed by atoms with van der Waals surface area (Å²) in [5, 5.41) is 13.5. The van der Waals surface area contributed by atoms with Crippen LogP contribution in [0, 0.1) is 0 Å². The predicted octanol–water partition coefficient (Wildman–Crippen LogP) is 1.61. The minimum absolute atomic E-state index is 0.438. The minimum atomic E-state index is -0.514. The van der Waals surface area contributed by atoms with Crippen molar-refractivity contribution in [1.82, 2.24) is 5.32 Å². The Morgan fingerprint density at radius 1 is 1.53 bits per heavy atom. The number of halogens is 1. The van der Waals surface area contributed by atoms with Gasteiger partial charge in [0.2, 0.25) is 0 Å². The van der Waals surface area contributed by atoms with E-state index in [9.17, 15) is 5.11 Å². The maximum absolute atomic E-state index is 10.3. The number of aliphatic hydroxyl groups excluding tert-OH is 1. The largest absolute Gasteiger partial charge is 0.481 e. The number of benzene rings is 1. The third-order valence-electron chi connectivity index (χ3n) is 3.24. The van der Waals surface area contributed by atoms with Crippen LogP contribution in [0.15, 0.2) is 22.7 Å². The van der Waals surface area contributed by atoms with Crippen LogP contribution in [0.2, 0.25) is 0 Å². The molecule has 2 aliphatic rings. The van der Waals surface area contributed by atoms with Crippen LogP contribution in [0.1, 0.15) is 18.1 Å². The molecule has 2 atom stereocenters. The SMILES string of the molecule is OC1c2cccc(Br)c2OC12CCNC2. The van der Waals surface area contributed by atoms with Gasteiger partial charge < -0.3 is 15.2 Å². The summed E-state index contributed by atoms with van der Waals surface area (Å²) in [6.07, 6.45) is 0.343. The first-order valence-corrected chi connectivity index (χ1v) is 5.88. The minimum Gasteiger partial charge on any atom is -0.481 e.